The minimum atomic E-state index is -0.209. The van der Waals surface area contributed by atoms with E-state index in [0.29, 0.717) is 11.9 Å². The fraction of sp³-hybridized carbons (Fsp3) is 0.929. The van der Waals surface area contributed by atoms with E-state index in [-0.39, 0.29) is 5.41 Å². The van der Waals surface area contributed by atoms with Crippen LogP contribution in [0.4, 0.5) is 0 Å². The molecule has 1 aliphatic carbocycles. The van der Waals surface area contributed by atoms with E-state index in [4.69, 9.17) is 0 Å². The first kappa shape index (κ1) is 11.9. The Bertz CT molecular complexity index is 264. The lowest BCUT2D eigenvalue weighted by atomic mass is 9.77. The van der Waals surface area contributed by atoms with Crippen molar-refractivity contribution in [3.63, 3.8) is 0 Å². The molecule has 0 aromatic rings. The van der Waals surface area contributed by atoms with Gasteiger partial charge in [0.1, 0.15) is 0 Å². The van der Waals surface area contributed by atoms with Crippen molar-refractivity contribution in [1.82, 2.24) is 4.90 Å². The Hall–Kier alpha value is -0.530. The molecule has 1 aliphatic heterocycles. The highest BCUT2D eigenvalue weighted by Crippen LogP contribution is 2.37. The third kappa shape index (κ3) is 2.26. The molecule has 2 fully saturated rings. The normalized spacial score (nSPS) is 31.1. The quantitative estimate of drug-likeness (QED) is 0.617. The van der Waals surface area contributed by atoms with E-state index in [2.05, 4.69) is 4.90 Å². The Labute approximate surface area is 99.4 Å². The number of amides is 1. The first-order chi connectivity index (χ1) is 7.50. The van der Waals surface area contributed by atoms with Crippen LogP contribution in [0.2, 0.25) is 0 Å². The zero-order valence-corrected chi connectivity index (χ0v) is 11.0. The molecule has 0 bridgehead atoms. The molecule has 92 valence electrons. The van der Waals surface area contributed by atoms with Gasteiger partial charge in [0.15, 0.2) is 0 Å². The van der Waals surface area contributed by atoms with Crippen molar-refractivity contribution >= 4 is 5.91 Å². The topological polar surface area (TPSA) is 20.3 Å². The standard InChI is InChI=1S/C14H25NO/c1-14(2,3)13(16)15-10-6-8-11-7-4-5-9-12(11)15/h11-12H,4-10H2,1-3H3. The Kier molecular flexibility index (Phi) is 3.27. The first-order valence-electron chi connectivity index (χ1n) is 6.81. The minimum absolute atomic E-state index is 0.209. The molecule has 16 heavy (non-hydrogen) atoms. The fourth-order valence-corrected chi connectivity index (χ4v) is 3.31. The van der Waals surface area contributed by atoms with Crippen LogP contribution in [0.15, 0.2) is 0 Å². The average molecular weight is 223 g/mol. The van der Waals surface area contributed by atoms with Crippen LogP contribution in [-0.2, 0) is 4.79 Å². The molecule has 2 rings (SSSR count). The van der Waals surface area contributed by atoms with Crippen molar-refractivity contribution in [3.05, 3.63) is 0 Å². The van der Waals surface area contributed by atoms with Gasteiger partial charge >= 0.3 is 0 Å². The van der Waals surface area contributed by atoms with E-state index in [0.717, 1.165) is 12.5 Å². The maximum Gasteiger partial charge on any atom is 0.228 e. The highest BCUT2D eigenvalue weighted by molar-refractivity contribution is 5.82. The van der Waals surface area contributed by atoms with Gasteiger partial charge in [-0.25, -0.2) is 0 Å². The summed E-state index contributed by atoms with van der Waals surface area (Å²) in [5.41, 5.74) is -0.209. The lowest BCUT2D eigenvalue weighted by Crippen LogP contribution is -2.52. The molecule has 2 heteroatoms. The summed E-state index contributed by atoms with van der Waals surface area (Å²) >= 11 is 0. The number of likely N-dealkylation sites (tertiary alicyclic amines) is 1. The molecule has 2 aliphatic rings. The highest BCUT2D eigenvalue weighted by Gasteiger charge is 2.38. The Balaban J connectivity index is 2.11. The van der Waals surface area contributed by atoms with Crippen molar-refractivity contribution in [2.24, 2.45) is 11.3 Å². The van der Waals surface area contributed by atoms with Gasteiger partial charge in [0, 0.05) is 18.0 Å². The number of hydrogen-bond acceptors (Lipinski definition) is 1. The second kappa shape index (κ2) is 4.38. The van der Waals surface area contributed by atoms with Gasteiger partial charge in [0.05, 0.1) is 0 Å². The average Bonchev–Trinajstić information content (AvgIpc) is 2.26. The number of fused-ring (bicyclic) bond motifs is 1. The van der Waals surface area contributed by atoms with Crippen molar-refractivity contribution in [2.45, 2.75) is 65.3 Å². The fourth-order valence-electron chi connectivity index (χ4n) is 3.31. The molecule has 0 N–H and O–H groups in total. The van der Waals surface area contributed by atoms with Crippen LogP contribution in [0.1, 0.15) is 59.3 Å². The molecule has 0 radical (unpaired) electrons. The molecule has 1 amide bonds. The first-order valence-corrected chi connectivity index (χ1v) is 6.81. The summed E-state index contributed by atoms with van der Waals surface area (Å²) in [7, 11) is 0. The Morgan fingerprint density at radius 2 is 1.69 bits per heavy atom. The van der Waals surface area contributed by atoms with Crippen LogP contribution in [-0.4, -0.2) is 23.4 Å². The lowest BCUT2D eigenvalue weighted by Gasteiger charge is -2.46. The monoisotopic (exact) mass is 223 g/mol. The molecular formula is C14H25NO. The maximum atomic E-state index is 12.4. The molecule has 0 spiro atoms. The Morgan fingerprint density at radius 1 is 1.06 bits per heavy atom. The van der Waals surface area contributed by atoms with Crippen LogP contribution in [0, 0.1) is 11.3 Å². The van der Waals surface area contributed by atoms with Gasteiger partial charge in [-0.15, -0.1) is 0 Å². The molecule has 1 saturated carbocycles. The molecule has 2 unspecified atom stereocenters. The van der Waals surface area contributed by atoms with Crippen LogP contribution >= 0.6 is 0 Å². The molecule has 0 aromatic carbocycles. The number of piperidine rings is 1. The van der Waals surface area contributed by atoms with Crippen LogP contribution in [0.3, 0.4) is 0 Å². The summed E-state index contributed by atoms with van der Waals surface area (Å²) in [6.07, 6.45) is 7.83. The summed E-state index contributed by atoms with van der Waals surface area (Å²) in [6.45, 7) is 7.13. The van der Waals surface area contributed by atoms with Crippen molar-refractivity contribution in [2.75, 3.05) is 6.54 Å². The van der Waals surface area contributed by atoms with Gasteiger partial charge in [0.2, 0.25) is 5.91 Å². The second-order valence-electron chi connectivity index (χ2n) is 6.50. The van der Waals surface area contributed by atoms with Gasteiger partial charge in [-0.2, -0.15) is 0 Å². The van der Waals surface area contributed by atoms with Gasteiger partial charge in [0.25, 0.3) is 0 Å². The van der Waals surface area contributed by atoms with Crippen molar-refractivity contribution in [1.29, 1.82) is 0 Å². The molecule has 1 heterocycles. The summed E-state index contributed by atoms with van der Waals surface area (Å²) in [4.78, 5) is 14.6. The summed E-state index contributed by atoms with van der Waals surface area (Å²) in [5, 5.41) is 0. The van der Waals surface area contributed by atoms with Gasteiger partial charge in [-0.3, -0.25) is 4.79 Å². The van der Waals surface area contributed by atoms with E-state index < -0.39 is 0 Å². The van der Waals surface area contributed by atoms with Crippen LogP contribution in [0.25, 0.3) is 0 Å². The number of carbonyl (C=O) groups excluding carboxylic acids is 1. The van der Waals surface area contributed by atoms with Crippen LogP contribution in [0.5, 0.6) is 0 Å². The van der Waals surface area contributed by atoms with E-state index in [9.17, 15) is 4.79 Å². The molecule has 2 nitrogen and oxygen atoms in total. The SMILES string of the molecule is CC(C)(C)C(=O)N1CCCC2CCCCC21. The van der Waals surface area contributed by atoms with Gasteiger partial charge in [-0.1, -0.05) is 33.6 Å². The predicted octanol–water partition coefficient (Wildman–Crippen LogP) is 3.21. The lowest BCUT2D eigenvalue weighted by molar-refractivity contribution is -0.146. The second-order valence-corrected chi connectivity index (χ2v) is 6.50. The van der Waals surface area contributed by atoms with Crippen LogP contribution < -0.4 is 0 Å². The predicted molar refractivity (Wildman–Crippen MR) is 66.1 cm³/mol. The van der Waals surface area contributed by atoms with E-state index in [1.165, 1.54) is 38.5 Å². The Morgan fingerprint density at radius 3 is 2.38 bits per heavy atom. The number of rotatable bonds is 0. The third-order valence-corrected chi connectivity index (χ3v) is 4.15. The smallest absolute Gasteiger partial charge is 0.228 e. The number of hydrogen-bond donors (Lipinski definition) is 0. The van der Waals surface area contributed by atoms with Gasteiger partial charge < -0.3 is 4.90 Å². The molecule has 1 saturated heterocycles. The molecular weight excluding hydrogens is 198 g/mol. The largest absolute Gasteiger partial charge is 0.339 e. The summed E-state index contributed by atoms with van der Waals surface area (Å²) in [5.74, 6) is 1.16. The zero-order valence-electron chi connectivity index (χ0n) is 11.0. The third-order valence-electron chi connectivity index (χ3n) is 4.15. The molecule has 0 aromatic heterocycles. The van der Waals surface area contributed by atoms with E-state index >= 15 is 0 Å². The number of nitrogens with zero attached hydrogens (tertiary/aromatic N) is 1. The van der Waals surface area contributed by atoms with Crippen molar-refractivity contribution in [3.8, 4) is 0 Å². The summed E-state index contributed by atoms with van der Waals surface area (Å²) < 4.78 is 0. The summed E-state index contributed by atoms with van der Waals surface area (Å²) in [6, 6.07) is 0.564. The van der Waals surface area contributed by atoms with E-state index in [1.54, 1.807) is 0 Å². The van der Waals surface area contributed by atoms with Gasteiger partial charge in [-0.05, 0) is 31.6 Å². The molecule has 2 atom stereocenters. The number of carbonyl (C=O) groups is 1. The van der Waals surface area contributed by atoms with Crippen molar-refractivity contribution < 1.29 is 4.79 Å². The maximum absolute atomic E-state index is 12.4. The highest BCUT2D eigenvalue weighted by atomic mass is 16.2. The minimum Gasteiger partial charge on any atom is -0.339 e. The zero-order chi connectivity index (χ0) is 11.8. The van der Waals surface area contributed by atoms with E-state index in [1.807, 2.05) is 20.8 Å².